The molecule has 158 valence electrons. The number of hydrogen-bond acceptors (Lipinski definition) is 4. The monoisotopic (exact) mass is 450 g/mol. The van der Waals surface area contributed by atoms with E-state index in [9.17, 15) is 22.4 Å². The van der Waals surface area contributed by atoms with E-state index in [0.717, 1.165) is 6.26 Å². The summed E-state index contributed by atoms with van der Waals surface area (Å²) >= 11 is 5.90. The van der Waals surface area contributed by atoms with Gasteiger partial charge in [-0.05, 0) is 29.8 Å². The van der Waals surface area contributed by atoms with Crippen LogP contribution in [-0.4, -0.2) is 30.9 Å². The Kier molecular flexibility index (Phi) is 6.58. The molecule has 0 unspecified atom stereocenters. The minimum Gasteiger partial charge on any atom is -0.325 e. The summed E-state index contributed by atoms with van der Waals surface area (Å²) in [5, 5.41) is 4.01. The van der Waals surface area contributed by atoms with Crippen LogP contribution in [0.2, 0.25) is 5.02 Å². The topological polar surface area (TPSA) is 85.2 Å². The summed E-state index contributed by atoms with van der Waals surface area (Å²) in [6, 6.07) is 11.4. The first-order valence-electron chi connectivity index (χ1n) is 9.11. The maximum atomic E-state index is 13.0. The van der Waals surface area contributed by atoms with Crippen LogP contribution in [0.4, 0.5) is 10.1 Å². The number of halogens is 2. The van der Waals surface area contributed by atoms with E-state index in [-0.39, 0.29) is 30.2 Å². The molecule has 0 saturated heterocycles. The van der Waals surface area contributed by atoms with Gasteiger partial charge in [-0.3, -0.25) is 9.59 Å². The molecule has 3 rings (SSSR count). The van der Waals surface area contributed by atoms with Crippen molar-refractivity contribution in [1.29, 1.82) is 0 Å². The number of nitrogens with one attached hydrogen (secondary N) is 1. The summed E-state index contributed by atoms with van der Waals surface area (Å²) in [5.41, 5.74) is 1.07. The van der Waals surface area contributed by atoms with Crippen LogP contribution in [0.3, 0.4) is 0 Å². The lowest BCUT2D eigenvalue weighted by atomic mass is 10.1. The zero-order valence-electron chi connectivity index (χ0n) is 16.2. The molecule has 3 aromatic rings. The minimum absolute atomic E-state index is 0.0198. The smallest absolute Gasteiger partial charge is 0.258 e. The number of aromatic nitrogens is 1. The molecule has 1 amide bonds. The quantitative estimate of drug-likeness (QED) is 0.598. The predicted octanol–water partition coefficient (Wildman–Crippen LogP) is 3.35. The Hall–Kier alpha value is -2.71. The van der Waals surface area contributed by atoms with Crippen molar-refractivity contribution < 1.29 is 17.6 Å². The van der Waals surface area contributed by atoms with Crippen molar-refractivity contribution in [2.24, 2.45) is 0 Å². The Morgan fingerprint density at radius 2 is 1.93 bits per heavy atom. The lowest BCUT2D eigenvalue weighted by Gasteiger charge is -2.11. The highest BCUT2D eigenvalue weighted by Gasteiger charge is 2.12. The summed E-state index contributed by atoms with van der Waals surface area (Å²) in [5.74, 6) is -0.465. The molecule has 9 heteroatoms. The molecular formula is C21H20ClFN2O4S. The van der Waals surface area contributed by atoms with Crippen LogP contribution in [0.5, 0.6) is 0 Å². The van der Waals surface area contributed by atoms with Crippen LogP contribution < -0.4 is 10.9 Å². The van der Waals surface area contributed by atoms with Crippen molar-refractivity contribution in [1.82, 2.24) is 4.57 Å². The van der Waals surface area contributed by atoms with E-state index in [0.29, 0.717) is 32.6 Å². The second-order valence-corrected chi connectivity index (χ2v) is 9.66. The highest BCUT2D eigenvalue weighted by atomic mass is 35.5. The number of benzene rings is 2. The maximum absolute atomic E-state index is 13.0. The number of sulfone groups is 1. The molecule has 1 N–H and O–H groups in total. The molecule has 1 heterocycles. The van der Waals surface area contributed by atoms with Crippen LogP contribution in [0.25, 0.3) is 10.8 Å². The average molecular weight is 451 g/mol. The van der Waals surface area contributed by atoms with E-state index in [1.807, 2.05) is 0 Å². The minimum atomic E-state index is -3.20. The fraction of sp³-hybridized carbons (Fsp3) is 0.238. The van der Waals surface area contributed by atoms with Crippen LogP contribution in [-0.2, 0) is 34.3 Å². The molecule has 0 atom stereocenters. The van der Waals surface area contributed by atoms with Crippen molar-refractivity contribution in [2.45, 2.75) is 19.6 Å². The lowest BCUT2D eigenvalue weighted by molar-refractivity contribution is -0.115. The molecule has 2 aromatic carbocycles. The number of amides is 1. The van der Waals surface area contributed by atoms with Crippen LogP contribution in [0.15, 0.2) is 53.5 Å². The highest BCUT2D eigenvalue weighted by molar-refractivity contribution is 7.90. The fourth-order valence-corrected chi connectivity index (χ4v) is 3.78. The Morgan fingerprint density at radius 3 is 2.63 bits per heavy atom. The van der Waals surface area contributed by atoms with Gasteiger partial charge in [0.15, 0.2) is 0 Å². The van der Waals surface area contributed by atoms with Gasteiger partial charge in [0.05, 0.1) is 12.2 Å². The number of alkyl halides is 1. The molecular weight excluding hydrogens is 431 g/mol. The number of aryl methyl sites for hydroxylation is 1. The maximum Gasteiger partial charge on any atom is 0.258 e. The van der Waals surface area contributed by atoms with Crippen molar-refractivity contribution in [3.05, 3.63) is 75.2 Å². The zero-order chi connectivity index (χ0) is 21.9. The van der Waals surface area contributed by atoms with Gasteiger partial charge in [0, 0.05) is 46.0 Å². The number of rotatable bonds is 7. The van der Waals surface area contributed by atoms with Crippen LogP contribution >= 0.6 is 11.6 Å². The predicted molar refractivity (Wildman–Crippen MR) is 117 cm³/mol. The van der Waals surface area contributed by atoms with Crippen molar-refractivity contribution in [3.8, 4) is 0 Å². The van der Waals surface area contributed by atoms with Gasteiger partial charge in [-0.15, -0.1) is 0 Å². The van der Waals surface area contributed by atoms with Gasteiger partial charge >= 0.3 is 0 Å². The molecule has 0 fully saturated rings. The first-order valence-corrected chi connectivity index (χ1v) is 11.5. The largest absolute Gasteiger partial charge is 0.325 e. The van der Waals surface area contributed by atoms with Crippen molar-refractivity contribution in [2.75, 3.05) is 17.3 Å². The summed E-state index contributed by atoms with van der Waals surface area (Å²) in [6.07, 6.45) is 2.65. The van der Waals surface area contributed by atoms with Gasteiger partial charge in [0.1, 0.15) is 16.5 Å². The van der Waals surface area contributed by atoms with Crippen molar-refractivity contribution >= 4 is 43.8 Å². The normalized spacial score (nSPS) is 11.6. The third-order valence-corrected chi connectivity index (χ3v) is 5.91. The molecule has 1 aromatic heterocycles. The second kappa shape index (κ2) is 8.97. The number of carbonyl (C=O) groups is 1. The third-order valence-electron chi connectivity index (χ3n) is 4.61. The molecule has 0 bridgehead atoms. The molecule has 6 nitrogen and oxygen atoms in total. The van der Waals surface area contributed by atoms with E-state index in [1.54, 1.807) is 42.5 Å². The van der Waals surface area contributed by atoms with E-state index in [2.05, 4.69) is 5.32 Å². The number of fused-ring (bicyclic) bond motifs is 1. The summed E-state index contributed by atoms with van der Waals surface area (Å²) < 4.78 is 37.0. The molecule has 0 saturated carbocycles. The first kappa shape index (κ1) is 22.0. The number of carbonyl (C=O) groups excluding carboxylic acids is 1. The second-order valence-electron chi connectivity index (χ2n) is 7.00. The Morgan fingerprint density at radius 1 is 1.17 bits per heavy atom. The number of hydrogen-bond donors (Lipinski definition) is 1. The molecule has 0 aliphatic rings. The van der Waals surface area contributed by atoms with Gasteiger partial charge in [0.25, 0.3) is 5.56 Å². The lowest BCUT2D eigenvalue weighted by Crippen LogP contribution is -2.23. The summed E-state index contributed by atoms with van der Waals surface area (Å²) in [4.78, 5) is 25.2. The summed E-state index contributed by atoms with van der Waals surface area (Å²) in [6.45, 7) is -0.666. The van der Waals surface area contributed by atoms with E-state index >= 15 is 0 Å². The molecule has 0 spiro atoms. The number of nitrogens with zero attached hydrogens (tertiary/aromatic N) is 1. The number of pyridine rings is 1. The van der Waals surface area contributed by atoms with Crippen LogP contribution in [0, 0.1) is 0 Å². The standard InChI is InChI=1S/C21H20ClFN2O4S/c1-30(28,29)10-9-25-8-7-16-17(21(25)27)3-2-4-19(16)24-20(26)12-14-5-6-18(22)15(11-14)13-23/h2-8,11H,9-10,12-13H2,1H3,(H,24,26). The van der Waals surface area contributed by atoms with Gasteiger partial charge in [-0.25, -0.2) is 12.8 Å². The van der Waals surface area contributed by atoms with Gasteiger partial charge in [-0.2, -0.15) is 0 Å². The van der Waals surface area contributed by atoms with Gasteiger partial charge < -0.3 is 9.88 Å². The van der Waals surface area contributed by atoms with E-state index < -0.39 is 16.5 Å². The fourth-order valence-electron chi connectivity index (χ4n) is 3.09. The molecule has 0 radical (unpaired) electrons. The third kappa shape index (κ3) is 5.25. The summed E-state index contributed by atoms with van der Waals surface area (Å²) in [7, 11) is -3.20. The Bertz CT molecular complexity index is 1270. The van der Waals surface area contributed by atoms with E-state index in [4.69, 9.17) is 11.6 Å². The van der Waals surface area contributed by atoms with Crippen LogP contribution in [0.1, 0.15) is 11.1 Å². The highest BCUT2D eigenvalue weighted by Crippen LogP contribution is 2.22. The molecule has 30 heavy (non-hydrogen) atoms. The molecule has 0 aliphatic heterocycles. The van der Waals surface area contributed by atoms with Crippen molar-refractivity contribution in [3.63, 3.8) is 0 Å². The number of anilines is 1. The van der Waals surface area contributed by atoms with E-state index in [1.165, 1.54) is 10.8 Å². The Balaban J connectivity index is 1.83. The first-order chi connectivity index (χ1) is 14.2. The molecule has 0 aliphatic carbocycles. The van der Waals surface area contributed by atoms with Gasteiger partial charge in [0.2, 0.25) is 5.91 Å². The SMILES string of the molecule is CS(=O)(=O)CCn1ccc2c(NC(=O)Cc3ccc(Cl)c(CF)c3)cccc2c1=O. The van der Waals surface area contributed by atoms with Gasteiger partial charge in [-0.1, -0.05) is 29.8 Å². The Labute approximate surface area is 178 Å². The zero-order valence-corrected chi connectivity index (χ0v) is 17.8. The average Bonchev–Trinajstić information content (AvgIpc) is 2.68.